The summed E-state index contributed by atoms with van der Waals surface area (Å²) in [4.78, 5) is 12.7. The van der Waals surface area contributed by atoms with Crippen molar-refractivity contribution in [2.75, 3.05) is 50.3 Å². The molecular weight excluding hydrogens is 518 g/mol. The number of nitrogen functional groups attached to an aromatic ring is 1. The summed E-state index contributed by atoms with van der Waals surface area (Å²) in [7, 11) is 3.34. The first-order valence-electron chi connectivity index (χ1n) is 12.7. The Morgan fingerprint density at radius 1 is 1.08 bits per heavy atom. The Kier molecular flexibility index (Phi) is 10.6. The molecule has 0 heterocycles. The number of carbonyl (C=O) groups is 1. The molecule has 10 heteroatoms. The van der Waals surface area contributed by atoms with Crippen molar-refractivity contribution in [1.82, 2.24) is 0 Å². The largest absolute Gasteiger partial charge is 0.768 e. The molecule has 3 aromatic carbocycles. The lowest BCUT2D eigenvalue weighted by molar-refractivity contribution is -0.143. The van der Waals surface area contributed by atoms with E-state index < -0.39 is 11.1 Å². The van der Waals surface area contributed by atoms with Gasteiger partial charge < -0.3 is 35.1 Å². The minimum atomic E-state index is -2.39. The lowest BCUT2D eigenvalue weighted by atomic mass is 9.87. The van der Waals surface area contributed by atoms with Gasteiger partial charge in [-0.2, -0.15) is 0 Å². The first kappa shape index (κ1) is 29.8. The van der Waals surface area contributed by atoms with E-state index in [-0.39, 0.29) is 29.8 Å². The van der Waals surface area contributed by atoms with Crippen molar-refractivity contribution in [2.24, 2.45) is 0 Å². The van der Waals surface area contributed by atoms with Crippen LogP contribution in [0.15, 0.2) is 53.4 Å². The molecule has 0 bridgehead atoms. The molecule has 3 rings (SSSR count). The average Bonchev–Trinajstić information content (AvgIpc) is 2.90. The third kappa shape index (κ3) is 7.64. The van der Waals surface area contributed by atoms with E-state index in [1.807, 2.05) is 44.2 Å². The second kappa shape index (κ2) is 13.9. The number of esters is 1. The Hall–Kier alpha value is -3.76. The van der Waals surface area contributed by atoms with Gasteiger partial charge in [0.25, 0.3) is 0 Å². The number of anilines is 3. The summed E-state index contributed by atoms with van der Waals surface area (Å²) >= 11 is -2.39. The highest BCUT2D eigenvalue weighted by atomic mass is 32.2. The van der Waals surface area contributed by atoms with Crippen molar-refractivity contribution in [2.45, 2.75) is 38.0 Å². The van der Waals surface area contributed by atoms with Crippen molar-refractivity contribution < 1.29 is 27.8 Å². The van der Waals surface area contributed by atoms with Crippen LogP contribution in [0.5, 0.6) is 11.5 Å². The number of nitrogens with one attached hydrogen (secondary N) is 2. The summed E-state index contributed by atoms with van der Waals surface area (Å²) in [5, 5.41) is 6.42. The maximum Gasteiger partial charge on any atom is 0.306 e. The fourth-order valence-electron chi connectivity index (χ4n) is 4.36. The molecule has 39 heavy (non-hydrogen) atoms. The van der Waals surface area contributed by atoms with Crippen LogP contribution in [-0.4, -0.2) is 48.6 Å². The van der Waals surface area contributed by atoms with Gasteiger partial charge in [0.15, 0.2) is 0 Å². The molecule has 4 N–H and O–H groups in total. The first-order chi connectivity index (χ1) is 18.7. The van der Waals surface area contributed by atoms with Gasteiger partial charge in [-0.15, -0.1) is 0 Å². The van der Waals surface area contributed by atoms with Crippen LogP contribution >= 0.6 is 0 Å². The Morgan fingerprint density at radius 3 is 2.51 bits per heavy atom. The molecule has 0 aromatic heterocycles. The smallest absolute Gasteiger partial charge is 0.306 e. The van der Waals surface area contributed by atoms with Crippen molar-refractivity contribution in [3.8, 4) is 11.5 Å². The summed E-state index contributed by atoms with van der Waals surface area (Å²) in [5.41, 5.74) is 12.0. The van der Waals surface area contributed by atoms with Crippen LogP contribution in [0.3, 0.4) is 0 Å². The molecule has 9 nitrogen and oxygen atoms in total. The lowest BCUT2D eigenvalue weighted by Gasteiger charge is -2.22. The Balaban J connectivity index is 1.85. The minimum absolute atomic E-state index is 0.125. The van der Waals surface area contributed by atoms with E-state index in [1.54, 1.807) is 33.2 Å². The van der Waals surface area contributed by atoms with Gasteiger partial charge in [-0.05, 0) is 84.4 Å². The Labute approximate surface area is 232 Å². The predicted octanol–water partition coefficient (Wildman–Crippen LogP) is 4.75. The van der Waals surface area contributed by atoms with Crippen LogP contribution in [0.2, 0.25) is 0 Å². The number of carbonyl (C=O) groups excluding carboxylic acids is 1. The summed E-state index contributed by atoms with van der Waals surface area (Å²) in [5.74, 6) is 0.261. The Bertz CT molecular complexity index is 1330. The minimum Gasteiger partial charge on any atom is -0.768 e. The third-order valence-corrected chi connectivity index (χ3v) is 7.02. The van der Waals surface area contributed by atoms with E-state index in [9.17, 15) is 13.6 Å². The quantitative estimate of drug-likeness (QED) is 0.118. The van der Waals surface area contributed by atoms with Crippen LogP contribution in [0, 0.1) is 13.8 Å². The molecule has 0 saturated carbocycles. The fraction of sp³-hybridized carbons (Fsp3) is 0.345. The van der Waals surface area contributed by atoms with Gasteiger partial charge in [0.05, 0.1) is 36.4 Å². The Morgan fingerprint density at radius 2 is 1.85 bits per heavy atom. The van der Waals surface area contributed by atoms with Gasteiger partial charge in [0, 0.05) is 25.2 Å². The molecule has 0 spiro atoms. The van der Waals surface area contributed by atoms with E-state index >= 15 is 0 Å². The molecular formula is C29H36N3O6S-. The van der Waals surface area contributed by atoms with Gasteiger partial charge in [0.1, 0.15) is 18.1 Å². The standard InChI is InChI=1S/C29H37N3O6S/c1-6-37-28(33)17-22(21-14-23(30)29(31-4)26(16-21)36-5)20-9-8-19(3)24(15-20)32-11-12-38-25-13-18(2)7-10-27(25)39(34)35/h7-10,13-16,22,31-32H,6,11-12,17,30H2,1-5H3,(H,34,35)/p-1/t22-/m0/s1. The highest BCUT2D eigenvalue weighted by Crippen LogP contribution is 2.39. The van der Waals surface area contributed by atoms with Crippen LogP contribution in [0.4, 0.5) is 17.1 Å². The molecule has 3 aromatic rings. The number of methoxy groups -OCH3 is 1. The molecule has 0 amide bonds. The molecule has 210 valence electrons. The van der Waals surface area contributed by atoms with Crippen molar-refractivity contribution in [1.29, 1.82) is 0 Å². The molecule has 2 atom stereocenters. The van der Waals surface area contributed by atoms with Crippen LogP contribution in [0.25, 0.3) is 0 Å². The van der Waals surface area contributed by atoms with Gasteiger partial charge in [0.2, 0.25) is 0 Å². The van der Waals surface area contributed by atoms with E-state index in [1.165, 1.54) is 6.07 Å². The maximum atomic E-state index is 12.6. The molecule has 0 aliphatic heterocycles. The number of hydrogen-bond acceptors (Lipinski definition) is 9. The molecule has 0 radical (unpaired) electrons. The van der Waals surface area contributed by atoms with Gasteiger partial charge in [-0.3, -0.25) is 9.00 Å². The van der Waals surface area contributed by atoms with Crippen LogP contribution in [-0.2, 0) is 20.6 Å². The maximum absolute atomic E-state index is 12.6. The zero-order valence-electron chi connectivity index (χ0n) is 23.0. The number of hydrogen-bond donors (Lipinski definition) is 3. The van der Waals surface area contributed by atoms with Crippen molar-refractivity contribution in [3.05, 3.63) is 70.8 Å². The van der Waals surface area contributed by atoms with E-state index in [4.69, 9.17) is 19.9 Å². The zero-order chi connectivity index (χ0) is 28.5. The lowest BCUT2D eigenvalue weighted by Crippen LogP contribution is -2.15. The highest BCUT2D eigenvalue weighted by molar-refractivity contribution is 7.79. The first-order valence-corrected chi connectivity index (χ1v) is 13.7. The normalized spacial score (nSPS) is 12.4. The second-order valence-corrected chi connectivity index (χ2v) is 9.94. The predicted molar refractivity (Wildman–Crippen MR) is 154 cm³/mol. The molecule has 1 unspecified atom stereocenters. The van der Waals surface area contributed by atoms with Gasteiger partial charge >= 0.3 is 5.97 Å². The molecule has 0 saturated heterocycles. The monoisotopic (exact) mass is 554 g/mol. The SMILES string of the molecule is CCOC(=O)C[C@@H](c1ccc(C)c(NCCOc2cc(C)ccc2S(=O)[O-])c1)c1cc(N)c(NC)c(OC)c1. The third-order valence-electron chi connectivity index (χ3n) is 6.32. The van der Waals surface area contributed by atoms with Crippen molar-refractivity contribution in [3.63, 3.8) is 0 Å². The average molecular weight is 555 g/mol. The summed E-state index contributed by atoms with van der Waals surface area (Å²) < 4.78 is 39.6. The van der Waals surface area contributed by atoms with Crippen LogP contribution in [0.1, 0.15) is 41.5 Å². The molecule has 0 fully saturated rings. The van der Waals surface area contributed by atoms with Crippen LogP contribution < -0.4 is 25.8 Å². The summed E-state index contributed by atoms with van der Waals surface area (Å²) in [6.45, 7) is 6.61. The number of rotatable bonds is 13. The van der Waals surface area contributed by atoms with E-state index in [0.717, 1.165) is 27.9 Å². The number of ether oxygens (including phenoxy) is 3. The fourth-order valence-corrected chi connectivity index (χ4v) is 4.82. The second-order valence-electron chi connectivity index (χ2n) is 9.03. The number of benzene rings is 3. The van der Waals surface area contributed by atoms with E-state index in [0.29, 0.717) is 36.0 Å². The highest BCUT2D eigenvalue weighted by Gasteiger charge is 2.23. The van der Waals surface area contributed by atoms with Gasteiger partial charge in [-0.1, -0.05) is 18.2 Å². The zero-order valence-corrected chi connectivity index (χ0v) is 23.8. The summed E-state index contributed by atoms with van der Waals surface area (Å²) in [6, 6.07) is 14.7. The molecule has 0 aliphatic rings. The topological polar surface area (TPSA) is 135 Å². The number of aryl methyl sites for hydroxylation is 2. The van der Waals surface area contributed by atoms with Gasteiger partial charge in [-0.25, -0.2) is 0 Å². The molecule has 0 aliphatic carbocycles. The summed E-state index contributed by atoms with van der Waals surface area (Å²) in [6.07, 6.45) is 0.128. The van der Waals surface area contributed by atoms with E-state index in [2.05, 4.69) is 10.6 Å². The van der Waals surface area contributed by atoms with Crippen molar-refractivity contribution >= 4 is 34.1 Å². The number of nitrogens with two attached hydrogens (primary N) is 1.